The van der Waals surface area contributed by atoms with Crippen molar-refractivity contribution in [1.82, 2.24) is 9.97 Å². The number of nitrogens with one attached hydrogen (secondary N) is 1. The molecule has 0 radical (unpaired) electrons. The normalized spacial score (nSPS) is 23.0. The van der Waals surface area contributed by atoms with E-state index < -0.39 is 5.60 Å². The first-order valence-electron chi connectivity index (χ1n) is 8.13. The molecule has 5 nitrogen and oxygen atoms in total. The van der Waals surface area contributed by atoms with Crippen LogP contribution in [-0.2, 0) is 6.42 Å². The van der Waals surface area contributed by atoms with E-state index in [1.807, 2.05) is 13.0 Å². The minimum absolute atomic E-state index is 0.543. The molecule has 1 unspecified atom stereocenters. The predicted molar refractivity (Wildman–Crippen MR) is 86.9 cm³/mol. The van der Waals surface area contributed by atoms with Gasteiger partial charge in [-0.2, -0.15) is 0 Å². The molecular formula is C16H28N4O. The number of anilines is 2. The molecule has 5 heteroatoms. The van der Waals surface area contributed by atoms with E-state index in [0.717, 1.165) is 69.2 Å². The van der Waals surface area contributed by atoms with Crippen molar-refractivity contribution in [3.8, 4) is 0 Å². The number of rotatable bonds is 5. The van der Waals surface area contributed by atoms with Crippen LogP contribution in [-0.4, -0.2) is 40.3 Å². The predicted octanol–water partition coefficient (Wildman–Crippen LogP) is 2.60. The monoisotopic (exact) mass is 292 g/mol. The molecule has 0 aliphatic carbocycles. The van der Waals surface area contributed by atoms with Crippen molar-refractivity contribution < 1.29 is 5.11 Å². The lowest BCUT2D eigenvalue weighted by Crippen LogP contribution is -2.29. The average Bonchev–Trinajstić information content (AvgIpc) is 2.60. The van der Waals surface area contributed by atoms with Crippen LogP contribution in [0, 0.1) is 0 Å². The van der Waals surface area contributed by atoms with Gasteiger partial charge in [-0.25, -0.2) is 9.97 Å². The number of aliphatic hydroxyl groups is 1. The lowest BCUT2D eigenvalue weighted by molar-refractivity contribution is 0.0481. The van der Waals surface area contributed by atoms with Gasteiger partial charge in [0.2, 0.25) is 0 Å². The molecule has 118 valence electrons. The molecule has 0 spiro atoms. The SMILES string of the molecule is CCCc1nc(NCC)cc(N2CCCC(C)(O)CC2)n1. The van der Waals surface area contributed by atoms with E-state index in [2.05, 4.69) is 29.0 Å². The van der Waals surface area contributed by atoms with Gasteiger partial charge in [-0.1, -0.05) is 6.92 Å². The molecule has 2 rings (SSSR count). The summed E-state index contributed by atoms with van der Waals surface area (Å²) in [6, 6.07) is 2.03. The molecule has 1 aliphatic rings. The van der Waals surface area contributed by atoms with Crippen LogP contribution in [0.4, 0.5) is 11.6 Å². The average molecular weight is 292 g/mol. The summed E-state index contributed by atoms with van der Waals surface area (Å²) in [4.78, 5) is 11.6. The quantitative estimate of drug-likeness (QED) is 0.873. The van der Waals surface area contributed by atoms with Crippen LogP contribution in [0.15, 0.2) is 6.07 Å². The first-order chi connectivity index (χ1) is 10.0. The van der Waals surface area contributed by atoms with Gasteiger partial charge in [0, 0.05) is 32.1 Å². The van der Waals surface area contributed by atoms with Crippen molar-refractivity contribution in [2.45, 2.75) is 58.5 Å². The molecule has 1 fully saturated rings. The maximum absolute atomic E-state index is 10.2. The van der Waals surface area contributed by atoms with Crippen molar-refractivity contribution in [3.63, 3.8) is 0 Å². The zero-order chi connectivity index (χ0) is 15.3. The van der Waals surface area contributed by atoms with Crippen LogP contribution in [0.1, 0.15) is 52.3 Å². The van der Waals surface area contributed by atoms with E-state index in [4.69, 9.17) is 4.98 Å². The molecule has 21 heavy (non-hydrogen) atoms. The Hall–Kier alpha value is -1.36. The minimum Gasteiger partial charge on any atom is -0.390 e. The molecular weight excluding hydrogens is 264 g/mol. The van der Waals surface area contributed by atoms with Crippen LogP contribution in [0.2, 0.25) is 0 Å². The molecule has 0 bridgehead atoms. The lowest BCUT2D eigenvalue weighted by Gasteiger charge is -2.24. The van der Waals surface area contributed by atoms with Crippen LogP contribution in [0.5, 0.6) is 0 Å². The highest BCUT2D eigenvalue weighted by Crippen LogP contribution is 2.25. The van der Waals surface area contributed by atoms with E-state index >= 15 is 0 Å². The molecule has 0 saturated carbocycles. The van der Waals surface area contributed by atoms with Gasteiger partial charge < -0.3 is 15.3 Å². The Morgan fingerprint density at radius 2 is 2.10 bits per heavy atom. The molecule has 1 aliphatic heterocycles. The van der Waals surface area contributed by atoms with Gasteiger partial charge >= 0.3 is 0 Å². The first-order valence-corrected chi connectivity index (χ1v) is 8.13. The van der Waals surface area contributed by atoms with Crippen LogP contribution in [0.3, 0.4) is 0 Å². The smallest absolute Gasteiger partial charge is 0.134 e. The Kier molecular flexibility index (Phi) is 5.39. The fourth-order valence-electron chi connectivity index (χ4n) is 2.74. The molecule has 0 aromatic carbocycles. The second-order valence-electron chi connectivity index (χ2n) is 6.15. The summed E-state index contributed by atoms with van der Waals surface area (Å²) in [5.41, 5.74) is -0.543. The minimum atomic E-state index is -0.543. The van der Waals surface area contributed by atoms with Gasteiger partial charge in [0.25, 0.3) is 0 Å². The summed E-state index contributed by atoms with van der Waals surface area (Å²) in [5.74, 6) is 2.80. The van der Waals surface area contributed by atoms with Crippen molar-refractivity contribution >= 4 is 11.6 Å². The van der Waals surface area contributed by atoms with E-state index in [-0.39, 0.29) is 0 Å². The fourth-order valence-corrected chi connectivity index (χ4v) is 2.74. The summed E-state index contributed by atoms with van der Waals surface area (Å²) < 4.78 is 0. The van der Waals surface area contributed by atoms with E-state index in [0.29, 0.717) is 0 Å². The topological polar surface area (TPSA) is 61.3 Å². The molecule has 1 aromatic rings. The van der Waals surface area contributed by atoms with Crippen LogP contribution >= 0.6 is 0 Å². The Bertz CT molecular complexity index is 437. The Balaban J connectivity index is 2.20. The van der Waals surface area contributed by atoms with Crippen molar-refractivity contribution in [1.29, 1.82) is 0 Å². The number of hydrogen-bond donors (Lipinski definition) is 2. The van der Waals surface area contributed by atoms with Crippen LogP contribution in [0.25, 0.3) is 0 Å². The molecule has 1 aromatic heterocycles. The Morgan fingerprint density at radius 3 is 2.81 bits per heavy atom. The van der Waals surface area contributed by atoms with Gasteiger partial charge in [0.15, 0.2) is 0 Å². The van der Waals surface area contributed by atoms with Crippen molar-refractivity contribution in [3.05, 3.63) is 11.9 Å². The standard InChI is InChI=1S/C16H28N4O/c1-4-7-13-18-14(17-5-2)12-15(19-13)20-10-6-8-16(3,21)9-11-20/h12,21H,4-11H2,1-3H3,(H,17,18,19). The van der Waals surface area contributed by atoms with Crippen molar-refractivity contribution in [2.75, 3.05) is 29.9 Å². The van der Waals surface area contributed by atoms with E-state index in [9.17, 15) is 5.11 Å². The van der Waals surface area contributed by atoms with E-state index in [1.54, 1.807) is 0 Å². The summed E-state index contributed by atoms with van der Waals surface area (Å²) in [6.07, 6.45) is 4.59. The second-order valence-corrected chi connectivity index (χ2v) is 6.15. The van der Waals surface area contributed by atoms with Crippen LogP contribution < -0.4 is 10.2 Å². The molecule has 0 amide bonds. The summed E-state index contributed by atoms with van der Waals surface area (Å²) in [5, 5.41) is 13.5. The molecule has 2 N–H and O–H groups in total. The van der Waals surface area contributed by atoms with Gasteiger partial charge in [-0.05, 0) is 39.5 Å². The molecule has 1 saturated heterocycles. The summed E-state index contributed by atoms with van der Waals surface area (Å²) in [6.45, 7) is 8.81. The van der Waals surface area contributed by atoms with Crippen molar-refractivity contribution in [2.24, 2.45) is 0 Å². The third-order valence-corrected chi connectivity index (χ3v) is 3.98. The summed E-state index contributed by atoms with van der Waals surface area (Å²) >= 11 is 0. The highest BCUT2D eigenvalue weighted by atomic mass is 16.3. The maximum atomic E-state index is 10.2. The Morgan fingerprint density at radius 1 is 1.29 bits per heavy atom. The van der Waals surface area contributed by atoms with Gasteiger partial charge in [0.1, 0.15) is 17.5 Å². The lowest BCUT2D eigenvalue weighted by atomic mass is 9.98. The second kappa shape index (κ2) is 7.07. The first kappa shape index (κ1) is 16.0. The van der Waals surface area contributed by atoms with Gasteiger partial charge in [0.05, 0.1) is 5.60 Å². The number of nitrogens with zero attached hydrogens (tertiary/aromatic N) is 3. The Labute approximate surface area is 127 Å². The molecule has 1 atom stereocenters. The highest BCUT2D eigenvalue weighted by molar-refractivity contribution is 5.49. The van der Waals surface area contributed by atoms with Gasteiger partial charge in [-0.3, -0.25) is 0 Å². The highest BCUT2D eigenvalue weighted by Gasteiger charge is 2.25. The third kappa shape index (κ3) is 4.56. The molecule has 2 heterocycles. The zero-order valence-corrected chi connectivity index (χ0v) is 13.5. The maximum Gasteiger partial charge on any atom is 0.134 e. The number of aromatic nitrogens is 2. The summed E-state index contributed by atoms with van der Waals surface area (Å²) in [7, 11) is 0. The zero-order valence-electron chi connectivity index (χ0n) is 13.5. The number of hydrogen-bond acceptors (Lipinski definition) is 5. The largest absolute Gasteiger partial charge is 0.390 e. The third-order valence-electron chi connectivity index (χ3n) is 3.98. The number of aryl methyl sites for hydroxylation is 1. The van der Waals surface area contributed by atoms with Gasteiger partial charge in [-0.15, -0.1) is 0 Å². The fraction of sp³-hybridized carbons (Fsp3) is 0.750. The van der Waals surface area contributed by atoms with E-state index in [1.165, 1.54) is 0 Å².